The van der Waals surface area contributed by atoms with E-state index in [0.29, 0.717) is 5.15 Å². The summed E-state index contributed by atoms with van der Waals surface area (Å²) in [5.41, 5.74) is 4.61. The standard InChI is InChI=1S/C13H12ClN/c1-9-5-3-6-11(10(9)2)12-7-4-8-13(14)15-12/h3-8H,1-2H3. The molecule has 0 bridgehead atoms. The first kappa shape index (κ1) is 10.2. The maximum Gasteiger partial charge on any atom is 0.129 e. The Balaban J connectivity index is 2.59. The zero-order valence-corrected chi connectivity index (χ0v) is 9.55. The average molecular weight is 218 g/mol. The van der Waals surface area contributed by atoms with Gasteiger partial charge in [-0.15, -0.1) is 0 Å². The maximum atomic E-state index is 5.88. The smallest absolute Gasteiger partial charge is 0.129 e. The summed E-state index contributed by atoms with van der Waals surface area (Å²) in [4.78, 5) is 4.31. The molecule has 0 atom stereocenters. The van der Waals surface area contributed by atoms with Gasteiger partial charge in [-0.2, -0.15) is 0 Å². The Kier molecular flexibility index (Phi) is 2.74. The van der Waals surface area contributed by atoms with Gasteiger partial charge in [-0.1, -0.05) is 35.9 Å². The quantitative estimate of drug-likeness (QED) is 0.658. The summed E-state index contributed by atoms with van der Waals surface area (Å²) >= 11 is 5.88. The molecular formula is C13H12ClN. The lowest BCUT2D eigenvalue weighted by atomic mass is 10.0. The third-order valence-corrected chi connectivity index (χ3v) is 2.81. The number of aryl methyl sites for hydroxylation is 1. The van der Waals surface area contributed by atoms with E-state index in [2.05, 4.69) is 31.0 Å². The van der Waals surface area contributed by atoms with Crippen LogP contribution in [0.1, 0.15) is 11.1 Å². The van der Waals surface area contributed by atoms with Gasteiger partial charge in [0.15, 0.2) is 0 Å². The summed E-state index contributed by atoms with van der Waals surface area (Å²) < 4.78 is 0. The van der Waals surface area contributed by atoms with Crippen LogP contribution < -0.4 is 0 Å². The second-order valence-corrected chi connectivity index (χ2v) is 3.98. The molecule has 0 saturated heterocycles. The fourth-order valence-corrected chi connectivity index (χ4v) is 1.75. The van der Waals surface area contributed by atoms with Gasteiger partial charge in [-0.3, -0.25) is 0 Å². The maximum absolute atomic E-state index is 5.88. The fraction of sp³-hybridized carbons (Fsp3) is 0.154. The zero-order valence-electron chi connectivity index (χ0n) is 8.79. The number of hydrogen-bond donors (Lipinski definition) is 0. The Hall–Kier alpha value is -1.34. The minimum Gasteiger partial charge on any atom is -0.236 e. The Labute approximate surface area is 94.7 Å². The molecule has 2 aromatic rings. The van der Waals surface area contributed by atoms with E-state index >= 15 is 0 Å². The average Bonchev–Trinajstić information content (AvgIpc) is 2.22. The zero-order chi connectivity index (χ0) is 10.8. The Morgan fingerprint density at radius 1 is 1.00 bits per heavy atom. The molecule has 76 valence electrons. The number of aromatic nitrogens is 1. The van der Waals surface area contributed by atoms with Crippen LogP contribution in [-0.4, -0.2) is 4.98 Å². The second kappa shape index (κ2) is 4.03. The summed E-state index contributed by atoms with van der Waals surface area (Å²) in [5, 5.41) is 0.536. The highest BCUT2D eigenvalue weighted by Crippen LogP contribution is 2.24. The third kappa shape index (κ3) is 2.02. The van der Waals surface area contributed by atoms with Crippen LogP contribution in [0.5, 0.6) is 0 Å². The van der Waals surface area contributed by atoms with Crippen LogP contribution in [0.25, 0.3) is 11.3 Å². The predicted octanol–water partition coefficient (Wildman–Crippen LogP) is 4.02. The first-order valence-electron chi connectivity index (χ1n) is 4.87. The van der Waals surface area contributed by atoms with Crippen molar-refractivity contribution < 1.29 is 0 Å². The molecule has 2 rings (SSSR count). The lowest BCUT2D eigenvalue weighted by Crippen LogP contribution is -1.89. The lowest BCUT2D eigenvalue weighted by Gasteiger charge is -2.07. The van der Waals surface area contributed by atoms with Gasteiger partial charge in [0.1, 0.15) is 5.15 Å². The fourth-order valence-electron chi connectivity index (χ4n) is 1.59. The van der Waals surface area contributed by atoms with Crippen molar-refractivity contribution in [1.29, 1.82) is 0 Å². The molecule has 15 heavy (non-hydrogen) atoms. The van der Waals surface area contributed by atoms with E-state index in [-0.39, 0.29) is 0 Å². The Bertz CT molecular complexity index is 492. The molecule has 0 aliphatic rings. The second-order valence-electron chi connectivity index (χ2n) is 3.59. The molecule has 0 amide bonds. The Morgan fingerprint density at radius 3 is 2.47 bits per heavy atom. The molecule has 0 unspecified atom stereocenters. The normalized spacial score (nSPS) is 10.3. The minimum atomic E-state index is 0.536. The molecular weight excluding hydrogens is 206 g/mol. The highest BCUT2D eigenvalue weighted by atomic mass is 35.5. The number of hydrogen-bond acceptors (Lipinski definition) is 1. The number of halogens is 1. The number of rotatable bonds is 1. The monoisotopic (exact) mass is 217 g/mol. The summed E-state index contributed by atoms with van der Waals surface area (Å²) in [6, 6.07) is 11.9. The first-order chi connectivity index (χ1) is 7.18. The van der Waals surface area contributed by atoms with E-state index in [9.17, 15) is 0 Å². The molecule has 0 aliphatic heterocycles. The van der Waals surface area contributed by atoms with E-state index < -0.39 is 0 Å². The van der Waals surface area contributed by atoms with Crippen molar-refractivity contribution in [3.8, 4) is 11.3 Å². The number of nitrogens with zero attached hydrogens (tertiary/aromatic N) is 1. The van der Waals surface area contributed by atoms with Gasteiger partial charge in [-0.05, 0) is 37.1 Å². The van der Waals surface area contributed by atoms with Gasteiger partial charge < -0.3 is 0 Å². The SMILES string of the molecule is Cc1cccc(-c2cccc(Cl)n2)c1C. The van der Waals surface area contributed by atoms with E-state index in [1.165, 1.54) is 11.1 Å². The van der Waals surface area contributed by atoms with Crippen molar-refractivity contribution in [1.82, 2.24) is 4.98 Å². The number of benzene rings is 1. The van der Waals surface area contributed by atoms with Crippen molar-refractivity contribution in [2.75, 3.05) is 0 Å². The van der Waals surface area contributed by atoms with Crippen LogP contribution in [0.4, 0.5) is 0 Å². The molecule has 1 nitrogen and oxygen atoms in total. The van der Waals surface area contributed by atoms with Crippen LogP contribution in [0.15, 0.2) is 36.4 Å². The highest BCUT2D eigenvalue weighted by Gasteiger charge is 2.04. The molecule has 0 fully saturated rings. The first-order valence-corrected chi connectivity index (χ1v) is 5.25. The molecule has 0 aliphatic carbocycles. The number of pyridine rings is 1. The van der Waals surface area contributed by atoms with Gasteiger partial charge in [0.05, 0.1) is 5.69 Å². The van der Waals surface area contributed by atoms with Crippen LogP contribution in [0.2, 0.25) is 5.15 Å². The van der Waals surface area contributed by atoms with Gasteiger partial charge >= 0.3 is 0 Å². The lowest BCUT2D eigenvalue weighted by molar-refractivity contribution is 1.28. The largest absolute Gasteiger partial charge is 0.236 e. The van der Waals surface area contributed by atoms with E-state index in [0.717, 1.165) is 11.3 Å². The summed E-state index contributed by atoms with van der Waals surface area (Å²) in [6.07, 6.45) is 0. The third-order valence-electron chi connectivity index (χ3n) is 2.60. The van der Waals surface area contributed by atoms with Crippen molar-refractivity contribution >= 4 is 11.6 Å². The van der Waals surface area contributed by atoms with E-state index in [1.54, 1.807) is 6.07 Å². The molecule has 1 aromatic heterocycles. The Morgan fingerprint density at radius 2 is 1.73 bits per heavy atom. The van der Waals surface area contributed by atoms with Crippen molar-refractivity contribution in [2.45, 2.75) is 13.8 Å². The van der Waals surface area contributed by atoms with Crippen molar-refractivity contribution in [2.24, 2.45) is 0 Å². The molecule has 0 spiro atoms. The van der Waals surface area contributed by atoms with Crippen molar-refractivity contribution in [3.63, 3.8) is 0 Å². The highest BCUT2D eigenvalue weighted by molar-refractivity contribution is 6.29. The summed E-state index contributed by atoms with van der Waals surface area (Å²) in [7, 11) is 0. The van der Waals surface area contributed by atoms with Gasteiger partial charge in [-0.25, -0.2) is 4.98 Å². The molecule has 0 saturated carbocycles. The molecule has 2 heteroatoms. The van der Waals surface area contributed by atoms with Gasteiger partial charge in [0, 0.05) is 5.56 Å². The van der Waals surface area contributed by atoms with Gasteiger partial charge in [0.2, 0.25) is 0 Å². The van der Waals surface area contributed by atoms with E-state index in [1.807, 2.05) is 18.2 Å². The molecule has 1 heterocycles. The van der Waals surface area contributed by atoms with Crippen LogP contribution >= 0.6 is 11.6 Å². The van der Waals surface area contributed by atoms with Crippen LogP contribution in [0.3, 0.4) is 0 Å². The predicted molar refractivity (Wildman–Crippen MR) is 64.2 cm³/mol. The van der Waals surface area contributed by atoms with Crippen LogP contribution in [-0.2, 0) is 0 Å². The summed E-state index contributed by atoms with van der Waals surface area (Å²) in [5.74, 6) is 0. The van der Waals surface area contributed by atoms with Gasteiger partial charge in [0.25, 0.3) is 0 Å². The minimum absolute atomic E-state index is 0.536. The van der Waals surface area contributed by atoms with Crippen molar-refractivity contribution in [3.05, 3.63) is 52.7 Å². The topological polar surface area (TPSA) is 12.9 Å². The molecule has 0 N–H and O–H groups in total. The van der Waals surface area contributed by atoms with Crippen LogP contribution in [0, 0.1) is 13.8 Å². The molecule has 1 aromatic carbocycles. The molecule has 0 radical (unpaired) electrons. The van der Waals surface area contributed by atoms with E-state index in [4.69, 9.17) is 11.6 Å². The summed E-state index contributed by atoms with van der Waals surface area (Å²) in [6.45, 7) is 4.20.